The third-order valence-corrected chi connectivity index (χ3v) is 5.22. The predicted octanol–water partition coefficient (Wildman–Crippen LogP) is 0.663. The van der Waals surface area contributed by atoms with Crippen LogP contribution in [-0.4, -0.2) is 73.5 Å². The van der Waals surface area contributed by atoms with Crippen LogP contribution in [0.4, 0.5) is 0 Å². The Morgan fingerprint density at radius 1 is 1.19 bits per heavy atom. The predicted molar refractivity (Wildman–Crippen MR) is 113 cm³/mol. The summed E-state index contributed by atoms with van der Waals surface area (Å²) in [4.78, 5) is 38.7. The molecule has 0 aliphatic carbocycles. The molecule has 168 valence electrons. The zero-order chi connectivity index (χ0) is 22.8. The Morgan fingerprint density at radius 2 is 1.94 bits per heavy atom. The molecule has 32 heavy (non-hydrogen) atoms. The van der Waals surface area contributed by atoms with E-state index in [-0.39, 0.29) is 18.3 Å². The van der Waals surface area contributed by atoms with Crippen molar-refractivity contribution in [2.75, 3.05) is 19.6 Å². The fourth-order valence-corrected chi connectivity index (χ4v) is 3.71. The van der Waals surface area contributed by atoms with Gasteiger partial charge in [0.2, 0.25) is 5.91 Å². The van der Waals surface area contributed by atoms with Gasteiger partial charge in [0.05, 0.1) is 5.41 Å². The van der Waals surface area contributed by atoms with Crippen molar-refractivity contribution in [1.29, 1.82) is 0 Å². The van der Waals surface area contributed by atoms with Gasteiger partial charge in [-0.3, -0.25) is 14.4 Å². The Balaban J connectivity index is 0.000000913. The number of carbonyl (C=O) groups excluding carboxylic acids is 2. The van der Waals surface area contributed by atoms with Crippen molar-refractivity contribution >= 4 is 18.3 Å². The molecule has 0 bridgehead atoms. The van der Waals surface area contributed by atoms with Crippen LogP contribution in [0.1, 0.15) is 28.3 Å². The normalized spacial score (nSPS) is 13.9. The number of carbonyl (C=O) groups is 3. The van der Waals surface area contributed by atoms with E-state index in [0.29, 0.717) is 44.0 Å². The molecule has 3 heterocycles. The highest BCUT2D eigenvalue weighted by atomic mass is 16.3. The molecule has 1 aromatic carbocycles. The lowest BCUT2D eigenvalue weighted by Gasteiger charge is -2.48. The summed E-state index contributed by atoms with van der Waals surface area (Å²) in [5, 5.41) is 23.7. The number of benzene rings is 1. The molecule has 0 atom stereocenters. The number of rotatable bonds is 8. The number of amides is 2. The van der Waals surface area contributed by atoms with Crippen LogP contribution >= 0.6 is 0 Å². The third-order valence-electron chi connectivity index (χ3n) is 5.22. The summed E-state index contributed by atoms with van der Waals surface area (Å²) in [6, 6.07) is 13.5. The van der Waals surface area contributed by atoms with Crippen molar-refractivity contribution in [3.63, 3.8) is 0 Å². The van der Waals surface area contributed by atoms with Crippen LogP contribution in [0.5, 0.6) is 0 Å². The standard InChI is InChI=1S/C20H23N7O2.CH2O2/c28-18(16-8-4-10-21-16)27-13-20(14-27,12-15-6-2-1-3-7-15)19(29)22-11-5-9-17-23-25-26-24-17;2-1-3/h1-4,6-8,10,21H,5,9,11-14H2,(H,22,29)(H,23,24,25,26);1H,(H,2,3). The number of carboxylic acid groups (broad SMARTS) is 1. The van der Waals surface area contributed by atoms with Gasteiger partial charge in [0.15, 0.2) is 5.82 Å². The highest BCUT2D eigenvalue weighted by molar-refractivity contribution is 5.95. The fourth-order valence-electron chi connectivity index (χ4n) is 3.71. The zero-order valence-corrected chi connectivity index (χ0v) is 17.4. The van der Waals surface area contributed by atoms with Crippen molar-refractivity contribution in [2.24, 2.45) is 5.41 Å². The molecule has 11 heteroatoms. The van der Waals surface area contributed by atoms with Gasteiger partial charge in [0.25, 0.3) is 12.4 Å². The summed E-state index contributed by atoms with van der Waals surface area (Å²) in [5.41, 5.74) is 1.01. The van der Waals surface area contributed by atoms with Gasteiger partial charge < -0.3 is 20.3 Å². The summed E-state index contributed by atoms with van der Waals surface area (Å²) in [6.07, 6.45) is 3.68. The molecule has 0 spiro atoms. The number of tetrazole rings is 1. The Labute approximate surface area is 184 Å². The van der Waals surface area contributed by atoms with Crippen LogP contribution in [0.2, 0.25) is 0 Å². The Bertz CT molecular complexity index is 985. The number of likely N-dealkylation sites (tertiary alicyclic amines) is 1. The number of aryl methyl sites for hydroxylation is 1. The number of H-pyrrole nitrogens is 2. The summed E-state index contributed by atoms with van der Waals surface area (Å²) in [7, 11) is 0. The van der Waals surface area contributed by atoms with E-state index in [2.05, 4.69) is 30.9 Å². The smallest absolute Gasteiger partial charge is 0.290 e. The molecule has 1 aliphatic rings. The summed E-state index contributed by atoms with van der Waals surface area (Å²) in [5.74, 6) is 0.526. The maximum atomic E-state index is 13.1. The second kappa shape index (κ2) is 10.8. The minimum absolute atomic E-state index is 0.0231. The molecule has 11 nitrogen and oxygen atoms in total. The molecule has 0 unspecified atom stereocenters. The molecule has 1 aliphatic heterocycles. The molecule has 0 saturated carbocycles. The first-order chi connectivity index (χ1) is 15.6. The van der Waals surface area contributed by atoms with Crippen LogP contribution in [0, 0.1) is 5.41 Å². The molecule has 2 amide bonds. The van der Waals surface area contributed by atoms with Crippen LogP contribution in [0.25, 0.3) is 0 Å². The monoisotopic (exact) mass is 439 g/mol. The summed E-state index contributed by atoms with van der Waals surface area (Å²) < 4.78 is 0. The van der Waals surface area contributed by atoms with E-state index >= 15 is 0 Å². The van der Waals surface area contributed by atoms with Crippen LogP contribution in [0.15, 0.2) is 48.7 Å². The number of aromatic nitrogens is 5. The van der Waals surface area contributed by atoms with Crippen LogP contribution in [0.3, 0.4) is 0 Å². The van der Waals surface area contributed by atoms with Gasteiger partial charge in [-0.05, 0) is 30.5 Å². The lowest BCUT2D eigenvalue weighted by atomic mass is 9.73. The number of nitrogens with zero attached hydrogens (tertiary/aromatic N) is 4. The van der Waals surface area contributed by atoms with Crippen molar-refractivity contribution in [1.82, 2.24) is 35.8 Å². The summed E-state index contributed by atoms with van der Waals surface area (Å²) >= 11 is 0. The Hall–Kier alpha value is -4.02. The second-order valence-electron chi connectivity index (χ2n) is 7.48. The zero-order valence-electron chi connectivity index (χ0n) is 17.4. The van der Waals surface area contributed by atoms with E-state index < -0.39 is 5.41 Å². The Kier molecular flexibility index (Phi) is 7.68. The lowest BCUT2D eigenvalue weighted by Crippen LogP contribution is -2.65. The van der Waals surface area contributed by atoms with Gasteiger partial charge in [0.1, 0.15) is 5.69 Å². The van der Waals surface area contributed by atoms with Gasteiger partial charge in [0, 0.05) is 32.3 Å². The first-order valence-electron chi connectivity index (χ1n) is 10.1. The van der Waals surface area contributed by atoms with E-state index in [1.54, 1.807) is 23.2 Å². The maximum Gasteiger partial charge on any atom is 0.290 e. The molecular weight excluding hydrogens is 414 g/mol. The van der Waals surface area contributed by atoms with Gasteiger partial charge in [-0.2, -0.15) is 5.21 Å². The molecule has 4 N–H and O–H groups in total. The van der Waals surface area contributed by atoms with E-state index in [9.17, 15) is 9.59 Å². The van der Waals surface area contributed by atoms with E-state index in [0.717, 1.165) is 12.0 Å². The maximum absolute atomic E-state index is 13.1. The topological polar surface area (TPSA) is 157 Å². The number of hydrogen-bond acceptors (Lipinski definition) is 6. The second-order valence-corrected chi connectivity index (χ2v) is 7.48. The molecule has 1 fully saturated rings. The average molecular weight is 439 g/mol. The molecule has 4 rings (SSSR count). The lowest BCUT2D eigenvalue weighted by molar-refractivity contribution is -0.139. The first kappa shape index (κ1) is 22.7. The Morgan fingerprint density at radius 3 is 2.56 bits per heavy atom. The van der Waals surface area contributed by atoms with E-state index in [4.69, 9.17) is 9.90 Å². The molecule has 1 saturated heterocycles. The molecule has 3 aromatic rings. The highest BCUT2D eigenvalue weighted by Gasteiger charge is 2.51. The van der Waals surface area contributed by atoms with Crippen molar-refractivity contribution in [2.45, 2.75) is 19.3 Å². The van der Waals surface area contributed by atoms with Gasteiger partial charge in [-0.1, -0.05) is 35.5 Å². The van der Waals surface area contributed by atoms with Crippen molar-refractivity contribution in [3.05, 3.63) is 65.7 Å². The van der Waals surface area contributed by atoms with Crippen molar-refractivity contribution < 1.29 is 19.5 Å². The average Bonchev–Trinajstić information content (AvgIpc) is 3.48. The third kappa shape index (κ3) is 5.56. The molecule has 2 aromatic heterocycles. The van der Waals surface area contributed by atoms with E-state index in [1.165, 1.54) is 0 Å². The molecular formula is C21H25N7O4. The first-order valence-corrected chi connectivity index (χ1v) is 10.1. The number of nitrogens with one attached hydrogen (secondary N) is 3. The number of hydrogen-bond donors (Lipinski definition) is 4. The van der Waals surface area contributed by atoms with Crippen molar-refractivity contribution in [3.8, 4) is 0 Å². The van der Waals surface area contributed by atoms with E-state index in [1.807, 2.05) is 30.3 Å². The number of aromatic amines is 2. The highest BCUT2D eigenvalue weighted by Crippen LogP contribution is 2.35. The quantitative estimate of drug-likeness (QED) is 0.297. The molecule has 0 radical (unpaired) electrons. The largest absolute Gasteiger partial charge is 0.483 e. The van der Waals surface area contributed by atoms with Crippen LogP contribution < -0.4 is 5.32 Å². The minimum Gasteiger partial charge on any atom is -0.483 e. The summed E-state index contributed by atoms with van der Waals surface area (Å²) in [6.45, 7) is 1.07. The van der Waals surface area contributed by atoms with Gasteiger partial charge >= 0.3 is 0 Å². The SMILES string of the molecule is O=C(c1ccc[nH]1)N1CC(Cc2ccccc2)(C(=O)NCCCc2nn[nH]n2)C1.O=CO. The van der Waals surface area contributed by atoms with Gasteiger partial charge in [-0.15, -0.1) is 10.2 Å². The van der Waals surface area contributed by atoms with Gasteiger partial charge in [-0.25, -0.2) is 0 Å². The van der Waals surface area contributed by atoms with Crippen LogP contribution in [-0.2, 0) is 22.4 Å². The minimum atomic E-state index is -0.615. The fraction of sp³-hybridized carbons (Fsp3) is 0.333.